The SMILES string of the molecule is COc1cc(C(C)NCc2nc3ccccc3c(=O)n2C)ccc1F. The second-order valence-corrected chi connectivity index (χ2v) is 5.91. The number of rotatable bonds is 5. The summed E-state index contributed by atoms with van der Waals surface area (Å²) in [4.78, 5) is 17.0. The summed E-state index contributed by atoms with van der Waals surface area (Å²) in [5, 5.41) is 3.92. The molecule has 0 aliphatic carbocycles. The Labute approximate surface area is 145 Å². The first-order valence-electron chi connectivity index (χ1n) is 8.02. The number of methoxy groups -OCH3 is 1. The molecule has 3 aromatic rings. The van der Waals surface area contributed by atoms with Gasteiger partial charge in [-0.05, 0) is 36.8 Å². The average Bonchev–Trinajstić information content (AvgIpc) is 2.63. The van der Waals surface area contributed by atoms with Gasteiger partial charge in [0.1, 0.15) is 5.82 Å². The van der Waals surface area contributed by atoms with Crippen LogP contribution in [0, 0.1) is 5.82 Å². The molecule has 0 saturated carbocycles. The van der Waals surface area contributed by atoms with Crippen LogP contribution < -0.4 is 15.6 Å². The number of para-hydroxylation sites is 1. The Balaban J connectivity index is 1.83. The number of nitrogens with zero attached hydrogens (tertiary/aromatic N) is 2. The molecule has 0 amide bonds. The molecule has 5 nitrogen and oxygen atoms in total. The maximum atomic E-state index is 13.5. The Kier molecular flexibility index (Phi) is 4.81. The summed E-state index contributed by atoms with van der Waals surface area (Å²) < 4.78 is 20.1. The van der Waals surface area contributed by atoms with E-state index < -0.39 is 5.82 Å². The van der Waals surface area contributed by atoms with Crippen LogP contribution in [0.2, 0.25) is 0 Å². The Morgan fingerprint density at radius 2 is 2.04 bits per heavy atom. The molecule has 1 heterocycles. The van der Waals surface area contributed by atoms with Gasteiger partial charge in [-0.2, -0.15) is 0 Å². The minimum absolute atomic E-state index is 0.0575. The van der Waals surface area contributed by atoms with Crippen molar-refractivity contribution in [3.8, 4) is 5.75 Å². The quantitative estimate of drug-likeness (QED) is 0.775. The Morgan fingerprint density at radius 1 is 1.28 bits per heavy atom. The molecule has 3 rings (SSSR count). The third-order valence-electron chi connectivity index (χ3n) is 4.32. The molecule has 0 fully saturated rings. The number of halogens is 1. The molecule has 130 valence electrons. The third kappa shape index (κ3) is 3.39. The first kappa shape index (κ1) is 17.1. The molecule has 0 radical (unpaired) electrons. The normalized spacial score (nSPS) is 12.3. The van der Waals surface area contributed by atoms with Crippen LogP contribution in [0.15, 0.2) is 47.3 Å². The zero-order valence-corrected chi connectivity index (χ0v) is 14.4. The number of fused-ring (bicyclic) bond motifs is 1. The van der Waals surface area contributed by atoms with Crippen LogP contribution in [0.1, 0.15) is 24.4 Å². The van der Waals surface area contributed by atoms with Gasteiger partial charge in [-0.1, -0.05) is 18.2 Å². The van der Waals surface area contributed by atoms with E-state index in [0.717, 1.165) is 5.56 Å². The van der Waals surface area contributed by atoms with Gasteiger partial charge >= 0.3 is 0 Å². The van der Waals surface area contributed by atoms with Crippen LogP contribution in [0.25, 0.3) is 10.9 Å². The van der Waals surface area contributed by atoms with Gasteiger partial charge in [0.05, 0.1) is 24.6 Å². The van der Waals surface area contributed by atoms with Crippen molar-refractivity contribution in [3.63, 3.8) is 0 Å². The fraction of sp³-hybridized carbons (Fsp3) is 0.263. The number of benzene rings is 2. The predicted molar refractivity (Wildman–Crippen MR) is 95.2 cm³/mol. The zero-order valence-electron chi connectivity index (χ0n) is 14.4. The molecule has 1 aromatic heterocycles. The summed E-state index contributed by atoms with van der Waals surface area (Å²) in [5.41, 5.74) is 1.50. The molecule has 0 aliphatic rings. The average molecular weight is 341 g/mol. The van der Waals surface area contributed by atoms with Crippen LogP contribution in [-0.2, 0) is 13.6 Å². The fourth-order valence-electron chi connectivity index (χ4n) is 2.73. The van der Waals surface area contributed by atoms with Gasteiger partial charge in [-0.3, -0.25) is 9.36 Å². The summed E-state index contributed by atoms with van der Waals surface area (Å²) in [5.74, 6) is 0.462. The highest BCUT2D eigenvalue weighted by molar-refractivity contribution is 5.77. The molecule has 25 heavy (non-hydrogen) atoms. The van der Waals surface area contributed by atoms with E-state index in [-0.39, 0.29) is 17.4 Å². The van der Waals surface area contributed by atoms with Crippen LogP contribution >= 0.6 is 0 Å². The number of hydrogen-bond acceptors (Lipinski definition) is 4. The van der Waals surface area contributed by atoms with E-state index in [9.17, 15) is 9.18 Å². The summed E-state index contributed by atoms with van der Waals surface area (Å²) in [6, 6.07) is 12.0. The minimum atomic E-state index is -0.392. The lowest BCUT2D eigenvalue weighted by atomic mass is 10.1. The summed E-state index contributed by atoms with van der Waals surface area (Å²) >= 11 is 0. The molecule has 1 unspecified atom stereocenters. The largest absolute Gasteiger partial charge is 0.494 e. The van der Waals surface area contributed by atoms with Gasteiger partial charge in [0.15, 0.2) is 11.6 Å². The molecule has 0 aliphatic heterocycles. The summed E-state index contributed by atoms with van der Waals surface area (Å²) in [6.07, 6.45) is 0. The highest BCUT2D eigenvalue weighted by Crippen LogP contribution is 2.22. The first-order valence-corrected chi connectivity index (χ1v) is 8.02. The van der Waals surface area contributed by atoms with E-state index in [4.69, 9.17) is 4.74 Å². The second-order valence-electron chi connectivity index (χ2n) is 5.91. The van der Waals surface area contributed by atoms with E-state index in [1.165, 1.54) is 13.2 Å². The van der Waals surface area contributed by atoms with Gasteiger partial charge in [-0.25, -0.2) is 9.37 Å². The van der Waals surface area contributed by atoms with Gasteiger partial charge < -0.3 is 10.1 Å². The monoisotopic (exact) mass is 341 g/mol. The van der Waals surface area contributed by atoms with Gasteiger partial charge in [0.25, 0.3) is 5.56 Å². The highest BCUT2D eigenvalue weighted by atomic mass is 19.1. The fourth-order valence-corrected chi connectivity index (χ4v) is 2.73. The van der Waals surface area contributed by atoms with Crippen LogP contribution in [0.3, 0.4) is 0 Å². The molecular formula is C19H20FN3O2. The predicted octanol–water partition coefficient (Wildman–Crippen LogP) is 2.93. The van der Waals surface area contributed by atoms with Crippen molar-refractivity contribution in [2.75, 3.05) is 7.11 Å². The topological polar surface area (TPSA) is 56.1 Å². The molecule has 0 bridgehead atoms. The molecule has 0 spiro atoms. The van der Waals surface area contributed by atoms with Crippen LogP contribution in [0.5, 0.6) is 5.75 Å². The Hall–Kier alpha value is -2.73. The van der Waals surface area contributed by atoms with E-state index in [1.54, 1.807) is 29.8 Å². The first-order chi connectivity index (χ1) is 12.0. The maximum absolute atomic E-state index is 13.5. The smallest absolute Gasteiger partial charge is 0.261 e. The minimum Gasteiger partial charge on any atom is -0.494 e. The number of hydrogen-bond donors (Lipinski definition) is 1. The molecule has 2 aromatic carbocycles. The van der Waals surface area contributed by atoms with Crippen LogP contribution in [-0.4, -0.2) is 16.7 Å². The highest BCUT2D eigenvalue weighted by Gasteiger charge is 2.12. The second kappa shape index (κ2) is 7.03. The van der Waals surface area contributed by atoms with E-state index in [1.807, 2.05) is 25.1 Å². The Bertz CT molecular complexity index is 969. The summed E-state index contributed by atoms with van der Waals surface area (Å²) in [7, 11) is 3.15. The lowest BCUT2D eigenvalue weighted by Gasteiger charge is -2.16. The van der Waals surface area contributed by atoms with Gasteiger partial charge in [0, 0.05) is 13.1 Å². The standard InChI is InChI=1S/C19H20FN3O2/c1-12(13-8-9-15(20)17(10-13)25-3)21-11-18-22-16-7-5-4-6-14(16)19(24)23(18)2/h4-10,12,21H,11H2,1-3H3. The van der Waals surface area contributed by atoms with Crippen molar-refractivity contribution >= 4 is 10.9 Å². The number of aromatic nitrogens is 2. The molecular weight excluding hydrogens is 321 g/mol. The van der Waals surface area contributed by atoms with E-state index in [0.29, 0.717) is 23.3 Å². The van der Waals surface area contributed by atoms with E-state index >= 15 is 0 Å². The third-order valence-corrected chi connectivity index (χ3v) is 4.32. The molecule has 1 atom stereocenters. The van der Waals surface area contributed by atoms with Crippen molar-refractivity contribution in [2.45, 2.75) is 19.5 Å². The zero-order chi connectivity index (χ0) is 18.0. The summed E-state index contributed by atoms with van der Waals surface area (Å²) in [6.45, 7) is 2.38. The van der Waals surface area contributed by atoms with Crippen molar-refractivity contribution in [1.29, 1.82) is 0 Å². The molecule has 6 heteroatoms. The van der Waals surface area contributed by atoms with Gasteiger partial charge in [-0.15, -0.1) is 0 Å². The molecule has 0 saturated heterocycles. The van der Waals surface area contributed by atoms with Crippen molar-refractivity contribution < 1.29 is 9.13 Å². The number of nitrogens with one attached hydrogen (secondary N) is 1. The van der Waals surface area contributed by atoms with Crippen molar-refractivity contribution in [2.24, 2.45) is 7.05 Å². The van der Waals surface area contributed by atoms with Gasteiger partial charge in [0.2, 0.25) is 0 Å². The Morgan fingerprint density at radius 3 is 2.80 bits per heavy atom. The maximum Gasteiger partial charge on any atom is 0.261 e. The lowest BCUT2D eigenvalue weighted by molar-refractivity contribution is 0.385. The van der Waals surface area contributed by atoms with Crippen LogP contribution in [0.4, 0.5) is 4.39 Å². The lowest BCUT2D eigenvalue weighted by Crippen LogP contribution is -2.27. The number of ether oxygens (including phenoxy) is 1. The van der Waals surface area contributed by atoms with Crippen molar-refractivity contribution in [1.82, 2.24) is 14.9 Å². The molecule has 1 N–H and O–H groups in total. The van der Waals surface area contributed by atoms with Crippen molar-refractivity contribution in [3.05, 3.63) is 70.0 Å². The van der Waals surface area contributed by atoms with E-state index in [2.05, 4.69) is 10.3 Å².